The second-order valence-corrected chi connectivity index (χ2v) is 4.32. The third kappa shape index (κ3) is 3.63. The molecular weight excluding hydrogens is 269 g/mol. The molecule has 1 aromatic rings. The van der Waals surface area contributed by atoms with E-state index in [1.165, 1.54) is 13.2 Å². The second kappa shape index (κ2) is 5.61. The molecule has 1 rings (SSSR count). The first kappa shape index (κ1) is 14.8. The van der Waals surface area contributed by atoms with Crippen molar-refractivity contribution in [3.63, 3.8) is 0 Å². The molecule has 0 N–H and O–H groups in total. The Bertz CT molecular complexity index is 443. The van der Waals surface area contributed by atoms with Gasteiger partial charge in [0, 0.05) is 5.02 Å². The summed E-state index contributed by atoms with van der Waals surface area (Å²) in [5.41, 5.74) is -0.490. The Labute approximate surface area is 108 Å². The molecule has 6 heteroatoms. The Morgan fingerprint density at radius 2 is 2.06 bits per heavy atom. The van der Waals surface area contributed by atoms with E-state index in [0.29, 0.717) is 0 Å². The van der Waals surface area contributed by atoms with E-state index in [1.807, 2.05) is 0 Å². The Balaban J connectivity index is 3.04. The molecule has 100 valence electrons. The fraction of sp³-hybridized carbons (Fsp3) is 0.417. The second-order valence-electron chi connectivity index (χ2n) is 3.92. The van der Waals surface area contributed by atoms with Gasteiger partial charge in [0.25, 0.3) is 0 Å². The summed E-state index contributed by atoms with van der Waals surface area (Å²) in [6.07, 6.45) is -4.44. The standard InChI is InChI=1S/C12H12ClF3O2/c1-7(5-11(17)18-2)9-6-8(12(14,15)16)3-4-10(9)13/h3-4,6-7H,5H2,1-2H3. The van der Waals surface area contributed by atoms with Gasteiger partial charge in [-0.2, -0.15) is 13.2 Å². The average molecular weight is 281 g/mol. The number of carbonyl (C=O) groups excluding carboxylic acids is 1. The van der Waals surface area contributed by atoms with Gasteiger partial charge in [-0.05, 0) is 29.7 Å². The summed E-state index contributed by atoms with van der Waals surface area (Å²) in [6, 6.07) is 3.07. The molecule has 0 heterocycles. The van der Waals surface area contributed by atoms with Crippen LogP contribution in [-0.2, 0) is 15.7 Å². The normalized spacial score (nSPS) is 13.2. The minimum atomic E-state index is -4.43. The lowest BCUT2D eigenvalue weighted by Crippen LogP contribution is -2.09. The van der Waals surface area contributed by atoms with Crippen molar-refractivity contribution in [3.05, 3.63) is 34.3 Å². The van der Waals surface area contributed by atoms with Gasteiger partial charge in [0.05, 0.1) is 19.1 Å². The predicted octanol–water partition coefficient (Wildman–Crippen LogP) is 4.03. The maximum atomic E-state index is 12.6. The molecule has 1 aromatic carbocycles. The molecule has 1 atom stereocenters. The molecule has 0 bridgehead atoms. The zero-order valence-corrected chi connectivity index (χ0v) is 10.6. The lowest BCUT2D eigenvalue weighted by atomic mass is 9.96. The number of hydrogen-bond acceptors (Lipinski definition) is 2. The van der Waals surface area contributed by atoms with Crippen LogP contribution in [0.25, 0.3) is 0 Å². The van der Waals surface area contributed by atoms with E-state index >= 15 is 0 Å². The summed E-state index contributed by atoms with van der Waals surface area (Å²) in [6.45, 7) is 1.62. The zero-order chi connectivity index (χ0) is 13.9. The van der Waals surface area contributed by atoms with Crippen molar-refractivity contribution < 1.29 is 22.7 Å². The molecule has 0 amide bonds. The van der Waals surface area contributed by atoms with E-state index in [9.17, 15) is 18.0 Å². The highest BCUT2D eigenvalue weighted by Gasteiger charge is 2.31. The van der Waals surface area contributed by atoms with Gasteiger partial charge in [-0.1, -0.05) is 18.5 Å². The van der Waals surface area contributed by atoms with Crippen LogP contribution in [0.1, 0.15) is 30.4 Å². The van der Waals surface area contributed by atoms with Crippen LogP contribution in [0.5, 0.6) is 0 Å². The van der Waals surface area contributed by atoms with Crippen molar-refractivity contribution in [1.29, 1.82) is 0 Å². The van der Waals surface area contributed by atoms with Gasteiger partial charge in [0.2, 0.25) is 0 Å². The summed E-state index contributed by atoms with van der Waals surface area (Å²) in [5.74, 6) is -0.928. The number of carbonyl (C=O) groups is 1. The van der Waals surface area contributed by atoms with Gasteiger partial charge in [-0.25, -0.2) is 0 Å². The number of methoxy groups -OCH3 is 1. The van der Waals surface area contributed by atoms with Gasteiger partial charge in [-0.15, -0.1) is 0 Å². The molecule has 0 radical (unpaired) electrons. The fourth-order valence-corrected chi connectivity index (χ4v) is 1.84. The number of rotatable bonds is 3. The molecule has 0 aliphatic heterocycles. The van der Waals surface area contributed by atoms with Crippen LogP contribution < -0.4 is 0 Å². The van der Waals surface area contributed by atoms with Crippen molar-refractivity contribution in [3.8, 4) is 0 Å². The first-order valence-electron chi connectivity index (χ1n) is 5.19. The first-order chi connectivity index (χ1) is 8.25. The molecule has 0 aliphatic carbocycles. The smallest absolute Gasteiger partial charge is 0.416 e. The Hall–Kier alpha value is -1.23. The van der Waals surface area contributed by atoms with Crippen LogP contribution in [0.15, 0.2) is 18.2 Å². The molecule has 1 unspecified atom stereocenters. The minimum absolute atomic E-state index is 0.0163. The van der Waals surface area contributed by atoms with Gasteiger partial charge >= 0.3 is 12.1 Å². The van der Waals surface area contributed by atoms with Crippen molar-refractivity contribution >= 4 is 17.6 Å². The number of halogens is 4. The molecule has 0 saturated carbocycles. The Kier molecular flexibility index (Phi) is 4.62. The molecule has 0 aliphatic rings. The van der Waals surface area contributed by atoms with Crippen LogP contribution in [0.4, 0.5) is 13.2 Å². The molecule has 0 spiro atoms. The van der Waals surface area contributed by atoms with Gasteiger partial charge < -0.3 is 4.74 Å². The van der Waals surface area contributed by atoms with E-state index in [4.69, 9.17) is 11.6 Å². The van der Waals surface area contributed by atoms with E-state index in [0.717, 1.165) is 12.1 Å². The van der Waals surface area contributed by atoms with Crippen LogP contribution in [0.2, 0.25) is 5.02 Å². The Morgan fingerprint density at radius 1 is 1.44 bits per heavy atom. The minimum Gasteiger partial charge on any atom is -0.469 e. The van der Waals surface area contributed by atoms with Gasteiger partial charge in [-0.3, -0.25) is 4.79 Å². The maximum absolute atomic E-state index is 12.6. The van der Waals surface area contributed by atoms with E-state index in [-0.39, 0.29) is 17.0 Å². The van der Waals surface area contributed by atoms with Crippen LogP contribution >= 0.6 is 11.6 Å². The largest absolute Gasteiger partial charge is 0.469 e. The molecule has 2 nitrogen and oxygen atoms in total. The van der Waals surface area contributed by atoms with Crippen molar-refractivity contribution in [1.82, 2.24) is 0 Å². The van der Waals surface area contributed by atoms with E-state index in [2.05, 4.69) is 4.74 Å². The fourth-order valence-electron chi connectivity index (χ4n) is 1.54. The number of hydrogen-bond donors (Lipinski definition) is 0. The number of esters is 1. The van der Waals surface area contributed by atoms with Gasteiger partial charge in [0.1, 0.15) is 0 Å². The molecule has 0 aromatic heterocycles. The third-order valence-electron chi connectivity index (χ3n) is 2.55. The summed E-state index contributed by atoms with van der Waals surface area (Å²) >= 11 is 5.85. The maximum Gasteiger partial charge on any atom is 0.416 e. The van der Waals surface area contributed by atoms with E-state index < -0.39 is 23.6 Å². The van der Waals surface area contributed by atoms with Crippen molar-refractivity contribution in [2.75, 3.05) is 7.11 Å². The van der Waals surface area contributed by atoms with Gasteiger partial charge in [0.15, 0.2) is 0 Å². The topological polar surface area (TPSA) is 26.3 Å². The Morgan fingerprint density at radius 3 is 2.56 bits per heavy atom. The quantitative estimate of drug-likeness (QED) is 0.782. The highest BCUT2D eigenvalue weighted by atomic mass is 35.5. The summed E-state index contributed by atoms with van der Waals surface area (Å²) in [4.78, 5) is 11.1. The van der Waals surface area contributed by atoms with Crippen LogP contribution in [-0.4, -0.2) is 13.1 Å². The van der Waals surface area contributed by atoms with Crippen molar-refractivity contribution in [2.45, 2.75) is 25.4 Å². The lowest BCUT2D eigenvalue weighted by Gasteiger charge is -2.15. The first-order valence-corrected chi connectivity index (χ1v) is 5.57. The molecule has 0 saturated heterocycles. The number of benzene rings is 1. The van der Waals surface area contributed by atoms with Crippen LogP contribution in [0, 0.1) is 0 Å². The highest BCUT2D eigenvalue weighted by Crippen LogP contribution is 2.35. The molecule has 18 heavy (non-hydrogen) atoms. The number of alkyl halides is 3. The predicted molar refractivity (Wildman–Crippen MR) is 61.5 cm³/mol. The van der Waals surface area contributed by atoms with E-state index in [1.54, 1.807) is 6.92 Å². The van der Waals surface area contributed by atoms with Crippen molar-refractivity contribution in [2.24, 2.45) is 0 Å². The zero-order valence-electron chi connectivity index (χ0n) is 9.84. The average Bonchev–Trinajstić information content (AvgIpc) is 2.27. The summed E-state index contributed by atoms with van der Waals surface area (Å²) in [5, 5.41) is 0.208. The molecule has 0 fully saturated rings. The SMILES string of the molecule is COC(=O)CC(C)c1cc(C(F)(F)F)ccc1Cl. The highest BCUT2D eigenvalue weighted by molar-refractivity contribution is 6.31. The molecular formula is C12H12ClF3O2. The monoisotopic (exact) mass is 280 g/mol. The number of ether oxygens (including phenoxy) is 1. The third-order valence-corrected chi connectivity index (χ3v) is 2.90. The lowest BCUT2D eigenvalue weighted by molar-refractivity contribution is -0.141. The van der Waals surface area contributed by atoms with Crippen LogP contribution in [0.3, 0.4) is 0 Å². The summed E-state index contributed by atoms with van der Waals surface area (Å²) in [7, 11) is 1.22. The summed E-state index contributed by atoms with van der Waals surface area (Å²) < 4.78 is 42.1.